The van der Waals surface area contributed by atoms with Crippen molar-refractivity contribution < 1.29 is 18.5 Å². The van der Waals surface area contributed by atoms with Crippen molar-refractivity contribution in [3.8, 4) is 0 Å². The molecule has 0 fully saturated rings. The Hall–Kier alpha value is -2.09. The molecule has 1 aromatic rings. The van der Waals surface area contributed by atoms with Crippen LogP contribution in [0.2, 0.25) is 0 Å². The van der Waals surface area contributed by atoms with Crippen molar-refractivity contribution in [2.45, 2.75) is 19.4 Å². The third-order valence-electron chi connectivity index (χ3n) is 2.29. The van der Waals surface area contributed by atoms with Gasteiger partial charge in [0.05, 0.1) is 11.0 Å². The predicted molar refractivity (Wildman–Crippen MR) is 59.9 cm³/mol. The molecule has 6 nitrogen and oxygen atoms in total. The maximum atomic E-state index is 13.4. The quantitative estimate of drug-likeness (QED) is 0.633. The third-order valence-corrected chi connectivity index (χ3v) is 2.29. The van der Waals surface area contributed by atoms with E-state index in [4.69, 9.17) is 5.73 Å². The van der Waals surface area contributed by atoms with E-state index in [-0.39, 0.29) is 6.42 Å². The van der Waals surface area contributed by atoms with Gasteiger partial charge >= 0.3 is 0 Å². The summed E-state index contributed by atoms with van der Waals surface area (Å²) in [6.07, 6.45) is 0.260. The van der Waals surface area contributed by atoms with Crippen molar-refractivity contribution in [1.82, 2.24) is 0 Å². The maximum Gasteiger partial charge on any atom is 0.296 e. The molecule has 1 aromatic carbocycles. The number of rotatable bonds is 4. The summed E-state index contributed by atoms with van der Waals surface area (Å²) in [5.41, 5.74) is 3.84. The van der Waals surface area contributed by atoms with Crippen molar-refractivity contribution in [3.63, 3.8) is 0 Å². The van der Waals surface area contributed by atoms with Gasteiger partial charge in [0, 0.05) is 6.07 Å². The van der Waals surface area contributed by atoms with Gasteiger partial charge in [0.25, 0.3) is 5.69 Å². The predicted octanol–water partition coefficient (Wildman–Crippen LogP) is 1.55. The van der Waals surface area contributed by atoms with Gasteiger partial charge in [0.15, 0.2) is 17.3 Å². The minimum Gasteiger partial charge on any atom is -0.320 e. The van der Waals surface area contributed by atoms with E-state index in [0.29, 0.717) is 6.07 Å². The summed E-state index contributed by atoms with van der Waals surface area (Å²) < 4.78 is 26.4. The molecule has 98 valence electrons. The standard InChI is InChI=1S/C10H11F2N3O3/c1-2-6(13)10(16)14-9-7(15(17)18)4-3-5(11)8(9)12/h3-4,6H,2,13H2,1H3,(H,14,16). The van der Waals surface area contributed by atoms with Crippen molar-refractivity contribution in [2.75, 3.05) is 5.32 Å². The molecule has 1 rings (SSSR count). The summed E-state index contributed by atoms with van der Waals surface area (Å²) >= 11 is 0. The van der Waals surface area contributed by atoms with Crippen molar-refractivity contribution >= 4 is 17.3 Å². The van der Waals surface area contributed by atoms with Gasteiger partial charge in [-0.25, -0.2) is 8.78 Å². The second kappa shape index (κ2) is 5.50. The van der Waals surface area contributed by atoms with Crippen LogP contribution in [0.4, 0.5) is 20.2 Å². The van der Waals surface area contributed by atoms with Gasteiger partial charge in [-0.15, -0.1) is 0 Å². The molecule has 0 aliphatic carbocycles. The highest BCUT2D eigenvalue weighted by Crippen LogP contribution is 2.29. The van der Waals surface area contributed by atoms with Gasteiger partial charge in [-0.2, -0.15) is 0 Å². The Morgan fingerprint density at radius 1 is 1.56 bits per heavy atom. The molecule has 0 spiro atoms. The fourth-order valence-electron chi connectivity index (χ4n) is 1.21. The molecule has 3 N–H and O–H groups in total. The molecule has 1 atom stereocenters. The lowest BCUT2D eigenvalue weighted by atomic mass is 10.2. The van der Waals surface area contributed by atoms with Gasteiger partial charge in [-0.1, -0.05) is 6.92 Å². The number of anilines is 1. The highest BCUT2D eigenvalue weighted by Gasteiger charge is 2.24. The number of carbonyl (C=O) groups is 1. The van der Waals surface area contributed by atoms with Crippen LogP contribution in [-0.4, -0.2) is 16.9 Å². The summed E-state index contributed by atoms with van der Waals surface area (Å²) in [4.78, 5) is 21.2. The summed E-state index contributed by atoms with van der Waals surface area (Å²) in [5.74, 6) is -3.59. The van der Waals surface area contributed by atoms with Crippen molar-refractivity contribution in [2.24, 2.45) is 5.73 Å². The molecule has 0 radical (unpaired) electrons. The van der Waals surface area contributed by atoms with Gasteiger partial charge in [-0.05, 0) is 12.5 Å². The monoisotopic (exact) mass is 259 g/mol. The molecule has 0 bridgehead atoms. The number of carbonyl (C=O) groups excluding carboxylic acids is 1. The van der Waals surface area contributed by atoms with E-state index in [9.17, 15) is 23.7 Å². The van der Waals surface area contributed by atoms with E-state index >= 15 is 0 Å². The second-order valence-corrected chi connectivity index (χ2v) is 3.52. The van der Waals surface area contributed by atoms with E-state index < -0.39 is 39.9 Å². The number of hydrogen-bond donors (Lipinski definition) is 2. The van der Waals surface area contributed by atoms with Crippen molar-refractivity contribution in [1.29, 1.82) is 0 Å². The summed E-state index contributed by atoms with van der Waals surface area (Å²) in [6.45, 7) is 1.61. The maximum absolute atomic E-state index is 13.4. The highest BCUT2D eigenvalue weighted by molar-refractivity contribution is 5.96. The second-order valence-electron chi connectivity index (χ2n) is 3.52. The first kappa shape index (κ1) is 14.0. The third kappa shape index (κ3) is 2.77. The number of amides is 1. The molecule has 1 unspecified atom stereocenters. The average molecular weight is 259 g/mol. The fourth-order valence-corrected chi connectivity index (χ4v) is 1.21. The summed E-state index contributed by atoms with van der Waals surface area (Å²) in [6, 6.07) is 0.432. The topological polar surface area (TPSA) is 98.3 Å². The first-order valence-electron chi connectivity index (χ1n) is 5.07. The smallest absolute Gasteiger partial charge is 0.296 e. The lowest BCUT2D eigenvalue weighted by Crippen LogP contribution is -2.35. The van der Waals surface area contributed by atoms with Crippen LogP contribution in [0.25, 0.3) is 0 Å². The lowest BCUT2D eigenvalue weighted by molar-refractivity contribution is -0.384. The average Bonchev–Trinajstić information content (AvgIpc) is 2.33. The van der Waals surface area contributed by atoms with E-state index in [2.05, 4.69) is 0 Å². The Balaban J connectivity index is 3.17. The first-order valence-corrected chi connectivity index (χ1v) is 5.07. The van der Waals surface area contributed by atoms with E-state index in [1.54, 1.807) is 6.92 Å². The lowest BCUT2D eigenvalue weighted by Gasteiger charge is -2.11. The van der Waals surface area contributed by atoms with Crippen molar-refractivity contribution in [3.05, 3.63) is 33.9 Å². The number of nitrogens with zero attached hydrogens (tertiary/aromatic N) is 1. The molecular weight excluding hydrogens is 248 g/mol. The number of nitrogens with two attached hydrogens (primary N) is 1. The normalized spacial score (nSPS) is 12.0. The molecule has 1 amide bonds. The van der Waals surface area contributed by atoms with Gasteiger partial charge in [0.2, 0.25) is 5.91 Å². The summed E-state index contributed by atoms with van der Waals surface area (Å²) in [5, 5.41) is 12.6. The highest BCUT2D eigenvalue weighted by atomic mass is 19.2. The Morgan fingerprint density at radius 2 is 2.17 bits per heavy atom. The molecule has 8 heteroatoms. The fraction of sp³-hybridized carbons (Fsp3) is 0.300. The largest absolute Gasteiger partial charge is 0.320 e. The molecule has 0 aromatic heterocycles. The minimum atomic E-state index is -1.49. The summed E-state index contributed by atoms with van der Waals surface area (Å²) in [7, 11) is 0. The van der Waals surface area contributed by atoms with Crippen LogP contribution in [0, 0.1) is 21.7 Å². The van der Waals surface area contributed by atoms with Crippen LogP contribution in [0.15, 0.2) is 12.1 Å². The number of halogens is 2. The van der Waals surface area contributed by atoms with Gasteiger partial charge in [0.1, 0.15) is 0 Å². The van der Waals surface area contributed by atoms with Crippen LogP contribution in [0.5, 0.6) is 0 Å². The number of nitrogens with one attached hydrogen (secondary N) is 1. The Bertz CT molecular complexity index is 494. The Morgan fingerprint density at radius 3 is 2.67 bits per heavy atom. The van der Waals surface area contributed by atoms with Gasteiger partial charge in [-0.3, -0.25) is 14.9 Å². The van der Waals surface area contributed by atoms with E-state index in [0.717, 1.165) is 6.07 Å². The van der Waals surface area contributed by atoms with Crippen LogP contribution in [0.3, 0.4) is 0 Å². The zero-order chi connectivity index (χ0) is 13.9. The SMILES string of the molecule is CCC(N)C(=O)Nc1c([N+](=O)[O-])ccc(F)c1F. The molecule has 0 saturated heterocycles. The van der Waals surface area contributed by atoms with Crippen LogP contribution >= 0.6 is 0 Å². The number of nitro benzene ring substituents is 1. The van der Waals surface area contributed by atoms with Gasteiger partial charge < -0.3 is 11.1 Å². The molecule has 18 heavy (non-hydrogen) atoms. The first-order chi connectivity index (χ1) is 8.38. The zero-order valence-electron chi connectivity index (χ0n) is 9.44. The Labute approximate surface area is 101 Å². The van der Waals surface area contributed by atoms with E-state index in [1.165, 1.54) is 0 Å². The molecule has 0 aliphatic heterocycles. The Kier molecular flexibility index (Phi) is 4.27. The molecule has 0 aliphatic rings. The zero-order valence-corrected chi connectivity index (χ0v) is 9.44. The molecule has 0 saturated carbocycles. The molecular formula is C10H11F2N3O3. The number of benzene rings is 1. The number of hydrogen-bond acceptors (Lipinski definition) is 4. The minimum absolute atomic E-state index is 0.260. The van der Waals surface area contributed by atoms with Crippen LogP contribution < -0.4 is 11.1 Å². The molecule has 0 heterocycles. The van der Waals surface area contributed by atoms with E-state index in [1.807, 2.05) is 5.32 Å². The van der Waals surface area contributed by atoms with Crippen LogP contribution in [-0.2, 0) is 4.79 Å². The number of nitro groups is 1. The van der Waals surface area contributed by atoms with Crippen LogP contribution in [0.1, 0.15) is 13.3 Å².